The van der Waals surface area contributed by atoms with Gasteiger partial charge in [-0.3, -0.25) is 4.79 Å². The molecule has 0 N–H and O–H groups in total. The third-order valence-electron chi connectivity index (χ3n) is 1.82. The predicted molar refractivity (Wildman–Crippen MR) is 48.2 cm³/mol. The number of aryl methyl sites for hydroxylation is 1. The van der Waals surface area contributed by atoms with E-state index in [4.69, 9.17) is 0 Å². The van der Waals surface area contributed by atoms with Crippen LogP contribution in [0.4, 0.5) is 4.39 Å². The van der Waals surface area contributed by atoms with Crippen molar-refractivity contribution < 1.29 is 19.1 Å². The second kappa shape index (κ2) is 4.50. The van der Waals surface area contributed by atoms with E-state index in [2.05, 4.69) is 4.84 Å². The molecule has 0 aliphatic rings. The quantitative estimate of drug-likeness (QED) is 0.566. The van der Waals surface area contributed by atoms with Crippen molar-refractivity contribution in [2.45, 2.75) is 13.3 Å². The molecule has 5 nitrogen and oxygen atoms in total. The Hall–Kier alpha value is -1.98. The van der Waals surface area contributed by atoms with Crippen LogP contribution in [0.15, 0.2) is 18.2 Å². The zero-order valence-corrected chi connectivity index (χ0v) is 7.90. The Morgan fingerprint density at radius 2 is 2.27 bits per heavy atom. The number of benzene rings is 1. The molecule has 0 saturated carbocycles. The van der Waals surface area contributed by atoms with Gasteiger partial charge < -0.3 is 0 Å². The maximum atomic E-state index is 13.2. The molecule has 0 fully saturated rings. The molecule has 0 amide bonds. The molecular formula is C9H8FNO4. The van der Waals surface area contributed by atoms with E-state index in [0.29, 0.717) is 12.0 Å². The SMILES string of the molecule is CCc1ccc(C(=O)O[N+](=O)[O-])c(F)c1. The fourth-order valence-electron chi connectivity index (χ4n) is 1.06. The normalized spacial score (nSPS) is 9.73. The highest BCUT2D eigenvalue weighted by atomic mass is 19.1. The standard InChI is InChI=1S/C9H8FNO4/c1-2-6-3-4-7(8(10)5-6)9(12)15-11(13)14/h3-5H,2H2,1H3. The number of hydrogen-bond donors (Lipinski definition) is 0. The minimum absolute atomic E-state index is 0.441. The third kappa shape index (κ3) is 2.73. The van der Waals surface area contributed by atoms with Gasteiger partial charge in [-0.2, -0.15) is 0 Å². The Bertz CT molecular complexity index is 405. The first-order valence-electron chi connectivity index (χ1n) is 4.19. The molecule has 0 aliphatic carbocycles. The third-order valence-corrected chi connectivity index (χ3v) is 1.82. The van der Waals surface area contributed by atoms with Crippen molar-refractivity contribution in [1.29, 1.82) is 0 Å². The number of rotatable bonds is 3. The van der Waals surface area contributed by atoms with Gasteiger partial charge >= 0.3 is 11.1 Å². The first kappa shape index (κ1) is 11.1. The summed E-state index contributed by atoms with van der Waals surface area (Å²) in [5.74, 6) is -2.12. The van der Waals surface area contributed by atoms with Gasteiger partial charge in [0.25, 0.3) is 0 Å². The summed E-state index contributed by atoms with van der Waals surface area (Å²) in [6.07, 6.45) is 0.613. The van der Waals surface area contributed by atoms with Crippen molar-refractivity contribution in [3.63, 3.8) is 0 Å². The average Bonchev–Trinajstić information content (AvgIpc) is 2.16. The van der Waals surface area contributed by atoms with Gasteiger partial charge in [0, 0.05) is 0 Å². The summed E-state index contributed by atoms with van der Waals surface area (Å²) >= 11 is 0. The van der Waals surface area contributed by atoms with E-state index in [9.17, 15) is 19.3 Å². The van der Waals surface area contributed by atoms with Crippen LogP contribution in [0.25, 0.3) is 0 Å². The number of carbonyl (C=O) groups is 1. The van der Waals surface area contributed by atoms with Gasteiger partial charge in [0.2, 0.25) is 0 Å². The fourth-order valence-corrected chi connectivity index (χ4v) is 1.06. The Morgan fingerprint density at radius 3 is 2.73 bits per heavy atom. The van der Waals surface area contributed by atoms with Crippen LogP contribution in [0.5, 0.6) is 0 Å². The largest absolute Gasteiger partial charge is 0.337 e. The lowest BCUT2D eigenvalue weighted by molar-refractivity contribution is -0.727. The molecule has 0 bridgehead atoms. The van der Waals surface area contributed by atoms with Crippen molar-refractivity contribution >= 4 is 5.97 Å². The lowest BCUT2D eigenvalue weighted by Gasteiger charge is -2.02. The Balaban J connectivity index is 2.95. The summed E-state index contributed by atoms with van der Waals surface area (Å²) in [4.78, 5) is 24.5. The molecule has 0 unspecified atom stereocenters. The first-order valence-corrected chi connectivity index (χ1v) is 4.19. The van der Waals surface area contributed by atoms with Crippen LogP contribution in [0.2, 0.25) is 0 Å². The van der Waals surface area contributed by atoms with Crippen LogP contribution in [-0.4, -0.2) is 11.1 Å². The summed E-state index contributed by atoms with van der Waals surface area (Å²) in [7, 11) is 0. The van der Waals surface area contributed by atoms with Gasteiger partial charge in [0.05, 0.1) is 5.56 Å². The van der Waals surface area contributed by atoms with E-state index < -0.39 is 22.4 Å². The second-order valence-electron chi connectivity index (χ2n) is 2.77. The molecule has 0 aliphatic heterocycles. The first-order chi connectivity index (χ1) is 7.04. The van der Waals surface area contributed by atoms with E-state index >= 15 is 0 Å². The lowest BCUT2D eigenvalue weighted by atomic mass is 10.1. The van der Waals surface area contributed by atoms with Crippen molar-refractivity contribution in [2.75, 3.05) is 0 Å². The highest BCUT2D eigenvalue weighted by Crippen LogP contribution is 2.12. The van der Waals surface area contributed by atoms with Gasteiger partial charge in [0.15, 0.2) is 0 Å². The summed E-state index contributed by atoms with van der Waals surface area (Å²) < 4.78 is 13.2. The van der Waals surface area contributed by atoms with Crippen molar-refractivity contribution in [3.05, 3.63) is 45.3 Å². The maximum absolute atomic E-state index is 13.2. The highest BCUT2D eigenvalue weighted by Gasteiger charge is 2.15. The van der Waals surface area contributed by atoms with Gasteiger partial charge in [-0.25, -0.2) is 9.23 Å². The van der Waals surface area contributed by atoms with Crippen LogP contribution in [0.3, 0.4) is 0 Å². The number of hydrogen-bond acceptors (Lipinski definition) is 4. The molecular weight excluding hydrogens is 205 g/mol. The Labute approximate surface area is 84.6 Å². The van der Waals surface area contributed by atoms with E-state index in [-0.39, 0.29) is 0 Å². The summed E-state index contributed by atoms with van der Waals surface area (Å²) in [6.45, 7) is 1.82. The summed E-state index contributed by atoms with van der Waals surface area (Å²) in [6, 6.07) is 3.83. The van der Waals surface area contributed by atoms with Crippen molar-refractivity contribution in [3.8, 4) is 0 Å². The second-order valence-corrected chi connectivity index (χ2v) is 2.77. The zero-order valence-electron chi connectivity index (χ0n) is 7.90. The summed E-state index contributed by atoms with van der Waals surface area (Å²) in [5.41, 5.74) is 0.258. The van der Waals surface area contributed by atoms with Crippen LogP contribution in [0.1, 0.15) is 22.8 Å². The van der Waals surface area contributed by atoms with Crippen LogP contribution in [0, 0.1) is 15.9 Å². The van der Waals surface area contributed by atoms with Gasteiger partial charge in [-0.15, -0.1) is 10.1 Å². The smallest absolute Gasteiger partial charge is 0.262 e. The Kier molecular flexibility index (Phi) is 3.33. The number of halogens is 1. The molecule has 1 aromatic rings. The van der Waals surface area contributed by atoms with E-state index in [0.717, 1.165) is 6.07 Å². The van der Waals surface area contributed by atoms with E-state index in [1.54, 1.807) is 0 Å². The van der Waals surface area contributed by atoms with Gasteiger partial charge in [-0.1, -0.05) is 13.0 Å². The van der Waals surface area contributed by atoms with E-state index in [1.807, 2.05) is 6.92 Å². The topological polar surface area (TPSA) is 69.4 Å². The molecule has 1 rings (SSSR count). The molecule has 0 atom stereocenters. The maximum Gasteiger partial charge on any atom is 0.337 e. The fraction of sp³-hybridized carbons (Fsp3) is 0.222. The van der Waals surface area contributed by atoms with Crippen LogP contribution < -0.4 is 0 Å². The van der Waals surface area contributed by atoms with Crippen molar-refractivity contribution in [1.82, 2.24) is 0 Å². The number of carbonyl (C=O) groups excluding carboxylic acids is 1. The molecule has 0 heterocycles. The molecule has 15 heavy (non-hydrogen) atoms. The monoisotopic (exact) mass is 213 g/mol. The minimum Gasteiger partial charge on any atom is -0.262 e. The van der Waals surface area contributed by atoms with Crippen molar-refractivity contribution in [2.24, 2.45) is 0 Å². The minimum atomic E-state index is -1.31. The number of nitrogens with zero attached hydrogens (tertiary/aromatic N) is 1. The molecule has 0 radical (unpaired) electrons. The summed E-state index contributed by atoms with van der Waals surface area (Å²) in [5, 5.41) is 8.59. The molecule has 0 spiro atoms. The van der Waals surface area contributed by atoms with Gasteiger partial charge in [-0.05, 0) is 24.1 Å². The molecule has 0 saturated heterocycles. The molecule has 6 heteroatoms. The Morgan fingerprint density at radius 1 is 1.60 bits per heavy atom. The van der Waals surface area contributed by atoms with E-state index in [1.165, 1.54) is 12.1 Å². The predicted octanol–water partition coefficient (Wildman–Crippen LogP) is 1.74. The van der Waals surface area contributed by atoms with Gasteiger partial charge in [0.1, 0.15) is 5.82 Å². The lowest BCUT2D eigenvalue weighted by Crippen LogP contribution is -2.12. The molecule has 0 aromatic heterocycles. The highest BCUT2D eigenvalue weighted by molar-refractivity contribution is 5.89. The van der Waals surface area contributed by atoms with Crippen LogP contribution in [-0.2, 0) is 11.3 Å². The van der Waals surface area contributed by atoms with Crippen LogP contribution >= 0.6 is 0 Å². The average molecular weight is 213 g/mol. The zero-order chi connectivity index (χ0) is 11.4. The molecule has 1 aromatic carbocycles. The molecule has 80 valence electrons.